The number of fused-ring (bicyclic) bond motifs is 2. The van der Waals surface area contributed by atoms with Gasteiger partial charge in [-0.3, -0.25) is 14.3 Å². The number of nitrogens with one attached hydrogen (secondary N) is 1. The lowest BCUT2D eigenvalue weighted by Gasteiger charge is -2.23. The minimum absolute atomic E-state index is 0.0335. The maximum Gasteiger partial charge on any atom is 0.303 e. The number of amides is 1. The molecule has 35 heavy (non-hydrogen) atoms. The van der Waals surface area contributed by atoms with Gasteiger partial charge in [0.05, 0.1) is 17.9 Å². The van der Waals surface area contributed by atoms with Crippen LogP contribution in [0.5, 0.6) is 5.88 Å². The average molecular weight is 492 g/mol. The quantitative estimate of drug-likeness (QED) is 0.292. The Balaban J connectivity index is 1.61. The van der Waals surface area contributed by atoms with Crippen LogP contribution < -0.4 is 5.32 Å². The van der Waals surface area contributed by atoms with E-state index < -0.39 is 5.91 Å². The fraction of sp³-hybridized carbons (Fsp3) is 0.370. The van der Waals surface area contributed by atoms with Crippen LogP contribution in [0.3, 0.4) is 0 Å². The van der Waals surface area contributed by atoms with Crippen molar-refractivity contribution in [3.63, 3.8) is 0 Å². The van der Waals surface area contributed by atoms with E-state index in [1.807, 2.05) is 60.0 Å². The molecule has 184 valence electrons. The van der Waals surface area contributed by atoms with E-state index in [2.05, 4.69) is 34.3 Å². The summed E-state index contributed by atoms with van der Waals surface area (Å²) >= 11 is 1.38. The van der Waals surface area contributed by atoms with E-state index in [1.165, 1.54) is 11.8 Å². The van der Waals surface area contributed by atoms with Crippen molar-refractivity contribution >= 4 is 39.9 Å². The number of aromatic nitrogens is 1. The van der Waals surface area contributed by atoms with Crippen LogP contribution in [0.1, 0.15) is 46.5 Å². The standard InChI is InChI=1S/C27H33N5O2S/c1-4-6-16-31(17-7-5-2)18-32-22-14-10-8-12-20(22)24(27(32)34)29-30-26(33)25-19(3)28-21-13-9-11-15-23(21)35-25/h8-15,28,34H,4-7,16-18H2,1-3H3. The number of para-hydroxylation sites is 2. The molecule has 0 unspecified atom stereocenters. The van der Waals surface area contributed by atoms with Crippen molar-refractivity contribution in [3.05, 3.63) is 59.1 Å². The van der Waals surface area contributed by atoms with Gasteiger partial charge in [0.2, 0.25) is 5.88 Å². The van der Waals surface area contributed by atoms with Gasteiger partial charge in [0.15, 0.2) is 5.69 Å². The van der Waals surface area contributed by atoms with Crippen molar-refractivity contribution in [1.82, 2.24) is 9.47 Å². The maximum atomic E-state index is 13.0. The van der Waals surface area contributed by atoms with E-state index in [0.717, 1.165) is 66.0 Å². The van der Waals surface area contributed by atoms with Crippen molar-refractivity contribution in [3.8, 4) is 5.88 Å². The smallest absolute Gasteiger partial charge is 0.303 e. The van der Waals surface area contributed by atoms with E-state index in [9.17, 15) is 9.90 Å². The maximum absolute atomic E-state index is 13.0. The van der Waals surface area contributed by atoms with Gasteiger partial charge in [-0.15, -0.1) is 10.2 Å². The summed E-state index contributed by atoms with van der Waals surface area (Å²) in [6.45, 7) is 8.73. The van der Waals surface area contributed by atoms with Gasteiger partial charge in [-0.2, -0.15) is 0 Å². The summed E-state index contributed by atoms with van der Waals surface area (Å²) in [4.78, 5) is 16.8. The van der Waals surface area contributed by atoms with Crippen LogP contribution in [0.25, 0.3) is 10.9 Å². The number of nitrogens with zero attached hydrogens (tertiary/aromatic N) is 4. The van der Waals surface area contributed by atoms with Gasteiger partial charge in [-0.1, -0.05) is 68.8 Å². The highest BCUT2D eigenvalue weighted by Gasteiger charge is 2.23. The SMILES string of the molecule is CCCCN(CCCC)Cn1c(O)c(N=NC(=O)C2=C(C)Nc3ccccc3S2)c2ccccc21. The number of anilines is 1. The first kappa shape index (κ1) is 25.0. The molecule has 0 bridgehead atoms. The third kappa shape index (κ3) is 5.60. The highest BCUT2D eigenvalue weighted by molar-refractivity contribution is 8.04. The van der Waals surface area contributed by atoms with Gasteiger partial charge in [0.25, 0.3) is 0 Å². The van der Waals surface area contributed by atoms with Crippen molar-refractivity contribution in [1.29, 1.82) is 0 Å². The lowest BCUT2D eigenvalue weighted by molar-refractivity contribution is -0.114. The molecule has 0 atom stereocenters. The first-order chi connectivity index (χ1) is 17.0. The number of rotatable bonds is 10. The molecule has 1 amide bonds. The normalized spacial score (nSPS) is 13.6. The first-order valence-corrected chi connectivity index (χ1v) is 13.1. The number of allylic oxidation sites excluding steroid dienone is 1. The molecule has 0 saturated carbocycles. The molecule has 2 heterocycles. The van der Waals surface area contributed by atoms with Crippen LogP contribution in [0.15, 0.2) is 74.3 Å². The zero-order chi connectivity index (χ0) is 24.8. The van der Waals surface area contributed by atoms with Crippen molar-refractivity contribution in [2.45, 2.75) is 58.0 Å². The lowest BCUT2D eigenvalue weighted by atomic mass is 10.2. The number of unbranched alkanes of at least 4 members (excludes halogenated alkanes) is 2. The molecule has 0 aliphatic carbocycles. The third-order valence-corrected chi connectivity index (χ3v) is 7.37. The summed E-state index contributed by atoms with van der Waals surface area (Å²) in [5.41, 5.74) is 2.92. The molecule has 0 spiro atoms. The molecule has 0 saturated heterocycles. The summed E-state index contributed by atoms with van der Waals surface area (Å²) in [5, 5.41) is 23.5. The zero-order valence-electron chi connectivity index (χ0n) is 20.6. The summed E-state index contributed by atoms with van der Waals surface area (Å²) in [6, 6.07) is 15.6. The van der Waals surface area contributed by atoms with Gasteiger partial charge in [-0.05, 0) is 51.1 Å². The van der Waals surface area contributed by atoms with Crippen LogP contribution in [0.4, 0.5) is 11.4 Å². The predicted molar refractivity (Wildman–Crippen MR) is 143 cm³/mol. The lowest BCUT2D eigenvalue weighted by Crippen LogP contribution is -2.28. The Bertz CT molecular complexity index is 1260. The van der Waals surface area contributed by atoms with Gasteiger partial charge in [0, 0.05) is 16.0 Å². The zero-order valence-corrected chi connectivity index (χ0v) is 21.4. The van der Waals surface area contributed by atoms with E-state index in [0.29, 0.717) is 17.3 Å². The number of carbonyl (C=O) groups is 1. The predicted octanol–water partition coefficient (Wildman–Crippen LogP) is 7.27. The average Bonchev–Trinajstić information content (AvgIpc) is 3.14. The Morgan fingerprint density at radius 3 is 2.49 bits per heavy atom. The highest BCUT2D eigenvalue weighted by atomic mass is 32.2. The Kier molecular flexibility index (Phi) is 8.25. The molecule has 2 N–H and O–H groups in total. The third-order valence-electron chi connectivity index (χ3n) is 6.11. The van der Waals surface area contributed by atoms with Crippen molar-refractivity contribution < 1.29 is 9.90 Å². The van der Waals surface area contributed by atoms with Gasteiger partial charge < -0.3 is 10.4 Å². The second kappa shape index (κ2) is 11.6. The molecule has 4 rings (SSSR count). The van der Waals surface area contributed by atoms with E-state index in [1.54, 1.807) is 0 Å². The molecule has 8 heteroatoms. The molecule has 2 aromatic carbocycles. The number of carbonyl (C=O) groups excluding carboxylic acids is 1. The molecule has 0 radical (unpaired) electrons. The molecular weight excluding hydrogens is 458 g/mol. The van der Waals surface area contributed by atoms with Gasteiger partial charge >= 0.3 is 5.91 Å². The topological polar surface area (TPSA) is 82.2 Å². The molecule has 7 nitrogen and oxygen atoms in total. The van der Waals surface area contributed by atoms with Gasteiger partial charge in [0.1, 0.15) is 4.91 Å². The van der Waals surface area contributed by atoms with E-state index in [-0.39, 0.29) is 5.88 Å². The monoisotopic (exact) mass is 491 g/mol. The number of hydrogen-bond acceptors (Lipinski definition) is 6. The number of hydrogen-bond donors (Lipinski definition) is 2. The molecule has 0 fully saturated rings. The fourth-order valence-electron chi connectivity index (χ4n) is 4.18. The summed E-state index contributed by atoms with van der Waals surface area (Å²) in [5.74, 6) is -0.399. The first-order valence-electron chi connectivity index (χ1n) is 12.3. The second-order valence-corrected chi connectivity index (χ2v) is 9.82. The summed E-state index contributed by atoms with van der Waals surface area (Å²) in [7, 11) is 0. The molecular formula is C27H33N5O2S. The Hall–Kier alpha value is -3.10. The fourth-order valence-corrected chi connectivity index (χ4v) is 5.11. The van der Waals surface area contributed by atoms with Gasteiger partial charge in [-0.25, -0.2) is 0 Å². The summed E-state index contributed by atoms with van der Waals surface area (Å²) in [6.07, 6.45) is 4.45. The Morgan fingerprint density at radius 2 is 1.74 bits per heavy atom. The van der Waals surface area contributed by atoms with Crippen molar-refractivity contribution in [2.75, 3.05) is 18.4 Å². The number of azo groups is 1. The van der Waals surface area contributed by atoms with Crippen molar-refractivity contribution in [2.24, 2.45) is 10.2 Å². The van der Waals surface area contributed by atoms with Crippen LogP contribution >= 0.6 is 11.8 Å². The number of benzene rings is 2. The number of aromatic hydroxyl groups is 1. The Morgan fingerprint density at radius 1 is 1.06 bits per heavy atom. The molecule has 1 aromatic heterocycles. The largest absolute Gasteiger partial charge is 0.493 e. The Labute approximate surface area is 210 Å². The van der Waals surface area contributed by atoms with Crippen LogP contribution in [0.2, 0.25) is 0 Å². The minimum Gasteiger partial charge on any atom is -0.493 e. The van der Waals surface area contributed by atoms with Crippen LogP contribution in [-0.4, -0.2) is 33.6 Å². The molecule has 1 aliphatic heterocycles. The number of thioether (sulfide) groups is 1. The van der Waals surface area contributed by atoms with E-state index >= 15 is 0 Å². The summed E-state index contributed by atoms with van der Waals surface area (Å²) < 4.78 is 1.87. The van der Waals surface area contributed by atoms with E-state index in [4.69, 9.17) is 0 Å². The molecule has 3 aromatic rings. The van der Waals surface area contributed by atoms with Crippen LogP contribution in [0, 0.1) is 0 Å². The van der Waals surface area contributed by atoms with Crippen LogP contribution in [-0.2, 0) is 11.5 Å². The highest BCUT2D eigenvalue weighted by Crippen LogP contribution is 2.41. The second-order valence-electron chi connectivity index (χ2n) is 8.77. The molecule has 1 aliphatic rings. The minimum atomic E-state index is -0.432.